The third-order valence-electron chi connectivity index (χ3n) is 2.87. The summed E-state index contributed by atoms with van der Waals surface area (Å²) in [5, 5.41) is 21.6. The molecule has 0 saturated carbocycles. The van der Waals surface area contributed by atoms with Crippen molar-refractivity contribution in [3.63, 3.8) is 0 Å². The number of rotatable bonds is 1. The Morgan fingerprint density at radius 3 is 3.06 bits per heavy atom. The first-order chi connectivity index (χ1) is 8.35. The Morgan fingerprint density at radius 2 is 2.29 bits per heavy atom. The van der Waals surface area contributed by atoms with Gasteiger partial charge < -0.3 is 0 Å². The van der Waals surface area contributed by atoms with E-state index in [9.17, 15) is 0 Å². The van der Waals surface area contributed by atoms with Crippen LogP contribution in [0.5, 0.6) is 0 Å². The summed E-state index contributed by atoms with van der Waals surface area (Å²) in [6, 6.07) is 9.96. The summed E-state index contributed by atoms with van der Waals surface area (Å²) in [5.74, 6) is 0. The topological polar surface area (TPSA) is 66.9 Å². The zero-order valence-corrected chi connectivity index (χ0v) is 9.25. The van der Waals surface area contributed by atoms with Gasteiger partial charge in [0.05, 0.1) is 11.1 Å². The van der Waals surface area contributed by atoms with Crippen LogP contribution in [0.3, 0.4) is 0 Å². The molecule has 0 saturated heterocycles. The molecule has 0 spiro atoms. The highest BCUT2D eigenvalue weighted by molar-refractivity contribution is 5.86. The van der Waals surface area contributed by atoms with Crippen molar-refractivity contribution in [1.29, 1.82) is 5.26 Å². The van der Waals surface area contributed by atoms with Gasteiger partial charge in [0.15, 0.2) is 5.65 Å². The van der Waals surface area contributed by atoms with Crippen LogP contribution < -0.4 is 0 Å². The Bertz CT molecular complexity index is 751. The highest BCUT2D eigenvalue weighted by Crippen LogP contribution is 2.22. The molecule has 0 aliphatic carbocycles. The molecule has 0 aliphatic rings. The zero-order valence-electron chi connectivity index (χ0n) is 9.25. The molecule has 2 heterocycles. The molecule has 0 bridgehead atoms. The van der Waals surface area contributed by atoms with Gasteiger partial charge in [-0.3, -0.25) is 0 Å². The molecular weight excluding hydrogens is 214 g/mol. The molecule has 82 valence electrons. The SMILES string of the molecule is CCc1cccc2cc(C#N)c3nnnn3c12. The minimum absolute atomic E-state index is 0.496. The average molecular weight is 223 g/mol. The molecule has 2 aromatic heterocycles. The summed E-state index contributed by atoms with van der Waals surface area (Å²) in [6.07, 6.45) is 0.901. The fourth-order valence-electron chi connectivity index (χ4n) is 2.08. The lowest BCUT2D eigenvalue weighted by atomic mass is 10.1. The lowest BCUT2D eigenvalue weighted by molar-refractivity contribution is 0.838. The van der Waals surface area contributed by atoms with Crippen LogP contribution in [0.2, 0.25) is 0 Å². The molecule has 5 heteroatoms. The van der Waals surface area contributed by atoms with E-state index in [1.807, 2.05) is 18.2 Å². The minimum atomic E-state index is 0.496. The van der Waals surface area contributed by atoms with E-state index in [-0.39, 0.29) is 0 Å². The lowest BCUT2D eigenvalue weighted by Crippen LogP contribution is -1.97. The van der Waals surface area contributed by atoms with Crippen LogP contribution in [-0.2, 0) is 6.42 Å². The third kappa shape index (κ3) is 1.27. The van der Waals surface area contributed by atoms with Crippen LogP contribution in [0.4, 0.5) is 0 Å². The molecule has 17 heavy (non-hydrogen) atoms. The number of nitrogens with zero attached hydrogens (tertiary/aromatic N) is 5. The molecule has 0 unspecified atom stereocenters. The number of tetrazole rings is 1. The summed E-state index contributed by atoms with van der Waals surface area (Å²) >= 11 is 0. The normalized spacial score (nSPS) is 10.8. The van der Waals surface area contributed by atoms with Crippen LogP contribution in [0.15, 0.2) is 24.3 Å². The summed E-state index contributed by atoms with van der Waals surface area (Å²) in [7, 11) is 0. The third-order valence-corrected chi connectivity index (χ3v) is 2.87. The summed E-state index contributed by atoms with van der Waals surface area (Å²) < 4.78 is 1.65. The van der Waals surface area contributed by atoms with E-state index >= 15 is 0 Å². The van der Waals surface area contributed by atoms with Crippen molar-refractivity contribution in [2.24, 2.45) is 0 Å². The van der Waals surface area contributed by atoms with Crippen molar-refractivity contribution in [3.8, 4) is 6.07 Å². The number of pyridine rings is 1. The Labute approximate surface area is 97.3 Å². The van der Waals surface area contributed by atoms with Gasteiger partial charge in [-0.05, 0) is 28.5 Å². The van der Waals surface area contributed by atoms with E-state index in [1.165, 1.54) is 5.56 Å². The largest absolute Gasteiger partial charge is 0.197 e. The van der Waals surface area contributed by atoms with Gasteiger partial charge >= 0.3 is 0 Å². The second kappa shape index (κ2) is 3.52. The number of aromatic nitrogens is 4. The molecule has 3 rings (SSSR count). The van der Waals surface area contributed by atoms with E-state index in [1.54, 1.807) is 4.52 Å². The molecule has 0 N–H and O–H groups in total. The Morgan fingerprint density at radius 1 is 1.41 bits per heavy atom. The summed E-state index contributed by atoms with van der Waals surface area (Å²) in [4.78, 5) is 0. The Kier molecular flexibility index (Phi) is 2.02. The number of fused-ring (bicyclic) bond motifs is 3. The quantitative estimate of drug-likeness (QED) is 0.629. The number of aryl methyl sites for hydroxylation is 1. The smallest absolute Gasteiger partial charge is 0.192 e. The van der Waals surface area contributed by atoms with Gasteiger partial charge in [-0.25, -0.2) is 0 Å². The second-order valence-corrected chi connectivity index (χ2v) is 3.79. The first-order valence-electron chi connectivity index (χ1n) is 5.38. The summed E-state index contributed by atoms with van der Waals surface area (Å²) in [5.41, 5.74) is 3.16. The molecule has 0 amide bonds. The second-order valence-electron chi connectivity index (χ2n) is 3.79. The van der Waals surface area contributed by atoms with E-state index in [4.69, 9.17) is 5.26 Å². The van der Waals surface area contributed by atoms with Crippen molar-refractivity contribution in [2.45, 2.75) is 13.3 Å². The fourth-order valence-corrected chi connectivity index (χ4v) is 2.08. The van der Waals surface area contributed by atoms with Crippen molar-refractivity contribution in [3.05, 3.63) is 35.4 Å². The number of benzene rings is 1. The predicted octanol–water partition coefficient (Wildman–Crippen LogP) is 1.71. The van der Waals surface area contributed by atoms with Crippen LogP contribution in [-0.4, -0.2) is 20.0 Å². The molecule has 0 fully saturated rings. The Hall–Kier alpha value is -2.48. The molecular formula is C12H9N5. The number of hydrogen-bond acceptors (Lipinski definition) is 4. The first-order valence-corrected chi connectivity index (χ1v) is 5.38. The zero-order chi connectivity index (χ0) is 11.8. The number of hydrogen-bond donors (Lipinski definition) is 0. The van der Waals surface area contributed by atoms with Gasteiger partial charge in [0.25, 0.3) is 0 Å². The monoisotopic (exact) mass is 223 g/mol. The maximum absolute atomic E-state index is 9.08. The van der Waals surface area contributed by atoms with E-state index in [2.05, 4.69) is 34.6 Å². The van der Waals surface area contributed by atoms with E-state index in [0.29, 0.717) is 11.2 Å². The van der Waals surface area contributed by atoms with Crippen LogP contribution in [0.25, 0.3) is 16.6 Å². The standard InChI is InChI=1S/C12H9N5/c1-2-8-4-3-5-9-6-10(7-13)12-14-15-16-17(12)11(8)9/h3-6H,2H2,1H3. The molecule has 1 aromatic carbocycles. The highest BCUT2D eigenvalue weighted by atomic mass is 15.5. The molecule has 0 atom stereocenters. The van der Waals surface area contributed by atoms with Crippen LogP contribution in [0.1, 0.15) is 18.1 Å². The van der Waals surface area contributed by atoms with Gasteiger partial charge in [-0.1, -0.05) is 25.1 Å². The van der Waals surface area contributed by atoms with E-state index in [0.717, 1.165) is 17.3 Å². The van der Waals surface area contributed by atoms with Crippen molar-refractivity contribution >= 4 is 16.6 Å². The van der Waals surface area contributed by atoms with Crippen LogP contribution >= 0.6 is 0 Å². The predicted molar refractivity (Wildman–Crippen MR) is 62.4 cm³/mol. The molecule has 0 aliphatic heterocycles. The van der Waals surface area contributed by atoms with Gasteiger partial charge in [-0.2, -0.15) is 9.78 Å². The van der Waals surface area contributed by atoms with Gasteiger partial charge in [-0.15, -0.1) is 5.10 Å². The maximum Gasteiger partial charge on any atom is 0.197 e. The fraction of sp³-hybridized carbons (Fsp3) is 0.167. The average Bonchev–Trinajstić information content (AvgIpc) is 2.86. The van der Waals surface area contributed by atoms with Crippen molar-refractivity contribution in [2.75, 3.05) is 0 Å². The molecule has 5 nitrogen and oxygen atoms in total. The lowest BCUT2D eigenvalue weighted by Gasteiger charge is -2.05. The minimum Gasteiger partial charge on any atom is -0.192 e. The molecule has 3 aromatic rings. The van der Waals surface area contributed by atoms with E-state index < -0.39 is 0 Å². The van der Waals surface area contributed by atoms with Gasteiger partial charge in [0.1, 0.15) is 6.07 Å². The van der Waals surface area contributed by atoms with Crippen molar-refractivity contribution < 1.29 is 0 Å². The maximum atomic E-state index is 9.08. The van der Waals surface area contributed by atoms with Crippen molar-refractivity contribution in [1.82, 2.24) is 20.0 Å². The first kappa shape index (κ1) is 9.73. The molecule has 0 radical (unpaired) electrons. The summed E-state index contributed by atoms with van der Waals surface area (Å²) in [6.45, 7) is 2.09. The number of para-hydroxylation sites is 1. The Balaban J connectivity index is 2.60. The van der Waals surface area contributed by atoms with Gasteiger partial charge in [0, 0.05) is 5.39 Å². The van der Waals surface area contributed by atoms with Crippen LogP contribution in [0, 0.1) is 11.3 Å². The number of nitriles is 1. The van der Waals surface area contributed by atoms with Gasteiger partial charge in [0.2, 0.25) is 0 Å². The highest BCUT2D eigenvalue weighted by Gasteiger charge is 2.11.